The number of aromatic nitrogens is 3. The molecule has 0 saturated heterocycles. The van der Waals surface area contributed by atoms with Crippen molar-refractivity contribution in [3.8, 4) is 22.8 Å². The third kappa shape index (κ3) is 5.61. The first-order chi connectivity index (χ1) is 17.9. The van der Waals surface area contributed by atoms with Gasteiger partial charge in [0.15, 0.2) is 16.8 Å². The normalized spacial score (nSPS) is 11.6. The fourth-order valence-corrected chi connectivity index (χ4v) is 6.29. The van der Waals surface area contributed by atoms with E-state index >= 15 is 0 Å². The lowest BCUT2D eigenvalue weighted by molar-refractivity contribution is 0.101. The summed E-state index contributed by atoms with van der Waals surface area (Å²) >= 11 is 1.26. The molecule has 0 aliphatic carbocycles. The molecule has 8 nitrogen and oxygen atoms in total. The highest BCUT2D eigenvalue weighted by Crippen LogP contribution is 2.30. The Morgan fingerprint density at radius 1 is 0.946 bits per heavy atom. The Bertz CT molecular complexity index is 1480. The Kier molecular flexibility index (Phi) is 8.42. The van der Waals surface area contributed by atoms with E-state index in [0.29, 0.717) is 40.9 Å². The van der Waals surface area contributed by atoms with Gasteiger partial charge in [0.25, 0.3) is 0 Å². The molecule has 4 aromatic rings. The van der Waals surface area contributed by atoms with Crippen LogP contribution in [0, 0.1) is 0 Å². The summed E-state index contributed by atoms with van der Waals surface area (Å²) in [5, 5.41) is 9.29. The largest absolute Gasteiger partial charge is 0.496 e. The molecule has 10 heteroatoms. The average Bonchev–Trinajstić information content (AvgIpc) is 3.36. The maximum absolute atomic E-state index is 13.1. The van der Waals surface area contributed by atoms with Crippen molar-refractivity contribution >= 4 is 27.6 Å². The van der Waals surface area contributed by atoms with Crippen molar-refractivity contribution in [1.82, 2.24) is 19.1 Å². The Balaban J connectivity index is 1.72. The summed E-state index contributed by atoms with van der Waals surface area (Å²) in [6.07, 6.45) is 0. The van der Waals surface area contributed by atoms with Gasteiger partial charge < -0.3 is 4.74 Å². The van der Waals surface area contributed by atoms with Gasteiger partial charge in [-0.05, 0) is 36.4 Å². The number of sulfonamides is 1. The number of thioether (sulfide) groups is 1. The molecule has 4 rings (SSSR count). The third-order valence-corrected chi connectivity index (χ3v) is 8.80. The van der Waals surface area contributed by atoms with Crippen LogP contribution in [0.5, 0.6) is 5.75 Å². The van der Waals surface area contributed by atoms with Crippen LogP contribution >= 0.6 is 11.8 Å². The molecule has 1 heterocycles. The summed E-state index contributed by atoms with van der Waals surface area (Å²) in [6.45, 7) is 4.38. The number of methoxy groups -OCH3 is 1. The molecule has 0 aliphatic rings. The fourth-order valence-electron chi connectivity index (χ4n) is 3.95. The van der Waals surface area contributed by atoms with E-state index in [4.69, 9.17) is 4.74 Å². The summed E-state index contributed by atoms with van der Waals surface area (Å²) < 4.78 is 34.8. The van der Waals surface area contributed by atoms with Crippen LogP contribution < -0.4 is 4.74 Å². The van der Waals surface area contributed by atoms with Crippen LogP contribution in [0.15, 0.2) is 88.9 Å². The van der Waals surface area contributed by atoms with E-state index in [1.165, 1.54) is 23.2 Å². The number of carbonyl (C=O) groups excluding carboxylic acids is 1. The SMILES string of the molecule is CCN(CC)S(=O)(=O)c1cccc(-c2nnc(SCC(=O)c3ccccc3OC)n2-c2ccccc2)c1. The molecule has 0 spiro atoms. The summed E-state index contributed by atoms with van der Waals surface area (Å²) in [7, 11) is -2.11. The molecular weight excluding hydrogens is 508 g/mol. The number of Topliss-reactive ketones (excluding diaryl/α,β-unsaturated/α-hetero) is 1. The van der Waals surface area contributed by atoms with Crippen LogP contribution in [-0.2, 0) is 10.0 Å². The lowest BCUT2D eigenvalue weighted by Gasteiger charge is -2.19. The number of hydrogen-bond donors (Lipinski definition) is 0. The van der Waals surface area contributed by atoms with Gasteiger partial charge in [-0.2, -0.15) is 4.31 Å². The predicted molar refractivity (Wildman–Crippen MR) is 145 cm³/mol. The molecule has 0 amide bonds. The first kappa shape index (κ1) is 26.6. The number of hydrogen-bond acceptors (Lipinski definition) is 7. The summed E-state index contributed by atoms with van der Waals surface area (Å²) in [5.74, 6) is 1.03. The molecule has 1 aromatic heterocycles. The van der Waals surface area contributed by atoms with Gasteiger partial charge in [0.1, 0.15) is 5.75 Å². The van der Waals surface area contributed by atoms with Crippen molar-refractivity contribution in [3.05, 3.63) is 84.4 Å². The molecule has 0 unspecified atom stereocenters. The molecule has 0 saturated carbocycles. The number of carbonyl (C=O) groups is 1. The Labute approximate surface area is 221 Å². The highest BCUT2D eigenvalue weighted by Gasteiger charge is 2.24. The van der Waals surface area contributed by atoms with Gasteiger partial charge in [0, 0.05) is 24.3 Å². The van der Waals surface area contributed by atoms with Crippen molar-refractivity contribution in [3.63, 3.8) is 0 Å². The predicted octanol–water partition coefficient (Wildman–Crippen LogP) is 4.95. The van der Waals surface area contributed by atoms with Gasteiger partial charge in [-0.15, -0.1) is 10.2 Å². The lowest BCUT2D eigenvalue weighted by Crippen LogP contribution is -2.30. The number of rotatable bonds is 11. The number of para-hydroxylation sites is 2. The van der Waals surface area contributed by atoms with Gasteiger partial charge in [0.05, 0.1) is 23.3 Å². The quantitative estimate of drug-likeness (QED) is 0.198. The first-order valence-corrected chi connectivity index (χ1v) is 14.2. The Morgan fingerprint density at radius 3 is 2.35 bits per heavy atom. The molecule has 0 fully saturated rings. The van der Waals surface area contributed by atoms with Gasteiger partial charge in [-0.3, -0.25) is 9.36 Å². The standard InChI is InChI=1S/C27H28N4O4S2/c1-4-30(5-2)37(33,34)22-15-11-12-20(18-22)26-28-29-27(31(26)21-13-7-6-8-14-21)36-19-24(32)23-16-9-10-17-25(23)35-3/h6-18H,4-5,19H2,1-3H3. The van der Waals surface area contributed by atoms with Crippen LogP contribution in [-0.4, -0.2) is 59.2 Å². The first-order valence-electron chi connectivity index (χ1n) is 11.8. The molecule has 192 valence electrons. The number of benzene rings is 3. The molecule has 37 heavy (non-hydrogen) atoms. The Morgan fingerprint density at radius 2 is 1.65 bits per heavy atom. The number of ketones is 1. The van der Waals surface area contributed by atoms with Gasteiger partial charge in [0.2, 0.25) is 10.0 Å². The molecule has 0 radical (unpaired) electrons. The summed E-state index contributed by atoms with van der Waals surface area (Å²) in [5.41, 5.74) is 1.90. The number of ether oxygens (including phenoxy) is 1. The van der Waals surface area contributed by atoms with Crippen LogP contribution in [0.2, 0.25) is 0 Å². The van der Waals surface area contributed by atoms with Crippen LogP contribution in [0.4, 0.5) is 0 Å². The second kappa shape index (κ2) is 11.7. The molecule has 0 atom stereocenters. The van der Waals surface area contributed by atoms with E-state index in [1.807, 2.05) is 54.8 Å². The van der Waals surface area contributed by atoms with Crippen molar-refractivity contribution in [1.29, 1.82) is 0 Å². The van der Waals surface area contributed by atoms with Crippen molar-refractivity contribution in [2.45, 2.75) is 23.9 Å². The van der Waals surface area contributed by atoms with Crippen molar-refractivity contribution in [2.75, 3.05) is 26.0 Å². The average molecular weight is 537 g/mol. The van der Waals surface area contributed by atoms with E-state index in [9.17, 15) is 13.2 Å². The molecule has 0 N–H and O–H groups in total. The van der Waals surface area contributed by atoms with E-state index < -0.39 is 10.0 Å². The zero-order valence-corrected chi connectivity index (χ0v) is 22.5. The topological polar surface area (TPSA) is 94.4 Å². The monoisotopic (exact) mass is 536 g/mol. The number of nitrogens with zero attached hydrogens (tertiary/aromatic N) is 4. The van der Waals surface area contributed by atoms with E-state index in [0.717, 1.165) is 5.69 Å². The van der Waals surface area contributed by atoms with Crippen LogP contribution in [0.1, 0.15) is 24.2 Å². The van der Waals surface area contributed by atoms with Crippen LogP contribution in [0.3, 0.4) is 0 Å². The second-order valence-corrected chi connectivity index (χ2v) is 10.9. The van der Waals surface area contributed by atoms with Crippen LogP contribution in [0.25, 0.3) is 17.1 Å². The molecule has 0 bridgehead atoms. The van der Waals surface area contributed by atoms with Gasteiger partial charge in [-0.25, -0.2) is 8.42 Å². The molecular formula is C27H28N4O4S2. The third-order valence-electron chi connectivity index (χ3n) is 5.82. The maximum atomic E-state index is 13.1. The highest BCUT2D eigenvalue weighted by atomic mass is 32.2. The van der Waals surface area contributed by atoms with Crippen molar-refractivity contribution in [2.24, 2.45) is 0 Å². The van der Waals surface area contributed by atoms with E-state index in [2.05, 4.69) is 10.2 Å². The zero-order chi connectivity index (χ0) is 26.4. The highest BCUT2D eigenvalue weighted by molar-refractivity contribution is 7.99. The van der Waals surface area contributed by atoms with Crippen molar-refractivity contribution < 1.29 is 17.9 Å². The zero-order valence-electron chi connectivity index (χ0n) is 20.9. The maximum Gasteiger partial charge on any atom is 0.243 e. The molecule has 3 aromatic carbocycles. The van der Waals surface area contributed by atoms with E-state index in [-0.39, 0.29) is 16.4 Å². The molecule has 0 aliphatic heterocycles. The summed E-state index contributed by atoms with van der Waals surface area (Å²) in [6, 6.07) is 23.3. The van der Waals surface area contributed by atoms with E-state index in [1.54, 1.807) is 42.5 Å². The smallest absolute Gasteiger partial charge is 0.243 e. The fraction of sp³-hybridized carbons (Fsp3) is 0.222. The summed E-state index contributed by atoms with van der Waals surface area (Å²) in [4.78, 5) is 13.2. The minimum Gasteiger partial charge on any atom is -0.496 e. The lowest BCUT2D eigenvalue weighted by atomic mass is 10.1. The van der Waals surface area contributed by atoms with Gasteiger partial charge in [-0.1, -0.05) is 68.1 Å². The minimum atomic E-state index is -3.65. The minimum absolute atomic E-state index is 0.0982. The van der Waals surface area contributed by atoms with Gasteiger partial charge >= 0.3 is 0 Å². The Hall–Kier alpha value is -3.47. The second-order valence-electron chi connectivity index (χ2n) is 8.01.